The first-order valence-electron chi connectivity index (χ1n) is 6.90. The normalized spacial score (nSPS) is 18.5. The predicted molar refractivity (Wildman–Crippen MR) is 80.4 cm³/mol. The van der Waals surface area contributed by atoms with Gasteiger partial charge in [0.15, 0.2) is 0 Å². The third-order valence-electron chi connectivity index (χ3n) is 3.84. The zero-order valence-electron chi connectivity index (χ0n) is 11.2. The van der Waals surface area contributed by atoms with Crippen molar-refractivity contribution in [3.05, 3.63) is 47.4 Å². The highest BCUT2D eigenvalue weighted by Gasteiger charge is 2.29. The molecule has 6 heteroatoms. The SMILES string of the molecule is Clc1ccc2nc(N3CCC[C@H]3c3ccon3)cnc2c1. The zero-order valence-corrected chi connectivity index (χ0v) is 12.0. The number of aromatic nitrogens is 3. The van der Waals surface area contributed by atoms with Gasteiger partial charge in [0.1, 0.15) is 17.8 Å². The molecule has 0 saturated carbocycles. The number of hydrogen-bond acceptors (Lipinski definition) is 5. The fraction of sp³-hybridized carbons (Fsp3) is 0.267. The molecule has 0 radical (unpaired) electrons. The standard InChI is InChI=1S/C15H13ClN4O/c16-10-3-4-11-13(8-10)17-9-15(18-11)20-6-1-2-14(20)12-5-7-21-19-12/h3-5,7-9,14H,1-2,6H2/t14-/m0/s1. The lowest BCUT2D eigenvalue weighted by Crippen LogP contribution is -2.23. The van der Waals surface area contributed by atoms with Gasteiger partial charge in [-0.05, 0) is 31.0 Å². The molecule has 5 nitrogen and oxygen atoms in total. The van der Waals surface area contributed by atoms with Crippen molar-refractivity contribution in [2.75, 3.05) is 11.4 Å². The van der Waals surface area contributed by atoms with Crippen molar-refractivity contribution in [2.45, 2.75) is 18.9 Å². The minimum Gasteiger partial charge on any atom is -0.364 e. The summed E-state index contributed by atoms with van der Waals surface area (Å²) in [4.78, 5) is 11.4. The molecule has 21 heavy (non-hydrogen) atoms. The lowest BCUT2D eigenvalue weighted by Gasteiger charge is -2.23. The molecule has 1 atom stereocenters. The van der Waals surface area contributed by atoms with Crippen LogP contribution in [0.4, 0.5) is 5.82 Å². The first-order chi connectivity index (χ1) is 10.3. The Morgan fingerprint density at radius 3 is 3.05 bits per heavy atom. The highest BCUT2D eigenvalue weighted by Crippen LogP contribution is 2.34. The average Bonchev–Trinajstić information content (AvgIpc) is 3.17. The fourth-order valence-corrected chi connectivity index (χ4v) is 3.02. The Morgan fingerprint density at radius 2 is 2.19 bits per heavy atom. The third-order valence-corrected chi connectivity index (χ3v) is 4.07. The van der Waals surface area contributed by atoms with Gasteiger partial charge in [0.25, 0.3) is 0 Å². The molecule has 2 aromatic heterocycles. The van der Waals surface area contributed by atoms with Gasteiger partial charge in [0, 0.05) is 17.6 Å². The van der Waals surface area contributed by atoms with Crippen molar-refractivity contribution in [1.82, 2.24) is 15.1 Å². The molecular weight excluding hydrogens is 288 g/mol. The van der Waals surface area contributed by atoms with Gasteiger partial charge < -0.3 is 9.42 Å². The maximum absolute atomic E-state index is 5.98. The average molecular weight is 301 g/mol. The first kappa shape index (κ1) is 12.6. The maximum atomic E-state index is 5.98. The summed E-state index contributed by atoms with van der Waals surface area (Å²) < 4.78 is 4.97. The van der Waals surface area contributed by atoms with Gasteiger partial charge >= 0.3 is 0 Å². The summed E-state index contributed by atoms with van der Waals surface area (Å²) in [7, 11) is 0. The van der Waals surface area contributed by atoms with Crippen LogP contribution in [-0.4, -0.2) is 21.7 Å². The Kier molecular flexibility index (Phi) is 3.00. The molecular formula is C15H13ClN4O. The lowest BCUT2D eigenvalue weighted by molar-refractivity contribution is 0.405. The van der Waals surface area contributed by atoms with Crippen LogP contribution in [0.1, 0.15) is 24.6 Å². The van der Waals surface area contributed by atoms with Crippen molar-refractivity contribution in [3.8, 4) is 0 Å². The van der Waals surface area contributed by atoms with E-state index in [0.717, 1.165) is 41.9 Å². The van der Waals surface area contributed by atoms with Crippen LogP contribution in [0.2, 0.25) is 5.02 Å². The Balaban J connectivity index is 1.73. The molecule has 3 heterocycles. The molecule has 1 aromatic carbocycles. The van der Waals surface area contributed by atoms with Crippen LogP contribution < -0.4 is 4.90 Å². The molecule has 1 aliphatic rings. The van der Waals surface area contributed by atoms with Gasteiger partial charge in [-0.3, -0.25) is 4.98 Å². The summed E-state index contributed by atoms with van der Waals surface area (Å²) in [5.74, 6) is 0.871. The van der Waals surface area contributed by atoms with E-state index in [2.05, 4.69) is 15.0 Å². The Hall–Kier alpha value is -2.14. The Morgan fingerprint density at radius 1 is 1.24 bits per heavy atom. The molecule has 1 fully saturated rings. The van der Waals surface area contributed by atoms with Crippen molar-refractivity contribution in [1.29, 1.82) is 0 Å². The molecule has 0 N–H and O–H groups in total. The molecule has 0 bridgehead atoms. The van der Waals surface area contributed by atoms with Crippen molar-refractivity contribution in [3.63, 3.8) is 0 Å². The second kappa shape index (κ2) is 5.00. The molecule has 106 valence electrons. The van der Waals surface area contributed by atoms with E-state index in [0.29, 0.717) is 5.02 Å². The molecule has 1 aliphatic heterocycles. The number of halogens is 1. The Bertz CT molecular complexity index is 774. The summed E-state index contributed by atoms with van der Waals surface area (Å²) in [6.45, 7) is 0.950. The molecule has 3 aromatic rings. The van der Waals surface area contributed by atoms with Gasteiger partial charge in [-0.2, -0.15) is 0 Å². The van der Waals surface area contributed by atoms with E-state index in [-0.39, 0.29) is 6.04 Å². The van der Waals surface area contributed by atoms with Gasteiger partial charge in [-0.25, -0.2) is 4.98 Å². The van der Waals surface area contributed by atoms with E-state index in [1.807, 2.05) is 24.3 Å². The van der Waals surface area contributed by atoms with Gasteiger partial charge in [0.2, 0.25) is 0 Å². The van der Waals surface area contributed by atoms with E-state index in [1.54, 1.807) is 12.5 Å². The lowest BCUT2D eigenvalue weighted by atomic mass is 10.1. The Labute approximate surface area is 126 Å². The third kappa shape index (κ3) is 2.23. The minimum atomic E-state index is 0.211. The number of fused-ring (bicyclic) bond motifs is 1. The molecule has 0 amide bonds. The van der Waals surface area contributed by atoms with Crippen LogP contribution in [0, 0.1) is 0 Å². The number of anilines is 1. The molecule has 0 spiro atoms. The highest BCUT2D eigenvalue weighted by atomic mass is 35.5. The van der Waals surface area contributed by atoms with Crippen LogP contribution in [0.25, 0.3) is 11.0 Å². The largest absolute Gasteiger partial charge is 0.364 e. The van der Waals surface area contributed by atoms with E-state index >= 15 is 0 Å². The molecule has 0 unspecified atom stereocenters. The topological polar surface area (TPSA) is 55.1 Å². The summed E-state index contributed by atoms with van der Waals surface area (Å²) in [6.07, 6.45) is 5.57. The van der Waals surface area contributed by atoms with E-state index in [4.69, 9.17) is 21.1 Å². The maximum Gasteiger partial charge on any atom is 0.148 e. The zero-order chi connectivity index (χ0) is 14.2. The number of nitrogens with zero attached hydrogens (tertiary/aromatic N) is 4. The smallest absolute Gasteiger partial charge is 0.148 e. The van der Waals surface area contributed by atoms with Crippen LogP contribution >= 0.6 is 11.6 Å². The highest BCUT2D eigenvalue weighted by molar-refractivity contribution is 6.31. The second-order valence-electron chi connectivity index (χ2n) is 5.14. The summed E-state index contributed by atoms with van der Waals surface area (Å²) >= 11 is 5.98. The number of benzene rings is 1. The van der Waals surface area contributed by atoms with E-state index < -0.39 is 0 Å². The second-order valence-corrected chi connectivity index (χ2v) is 5.57. The summed E-state index contributed by atoms with van der Waals surface area (Å²) in [5.41, 5.74) is 2.61. The minimum absolute atomic E-state index is 0.211. The van der Waals surface area contributed by atoms with E-state index in [1.165, 1.54) is 0 Å². The fourth-order valence-electron chi connectivity index (χ4n) is 2.85. The van der Waals surface area contributed by atoms with Crippen LogP contribution in [0.15, 0.2) is 41.2 Å². The van der Waals surface area contributed by atoms with E-state index in [9.17, 15) is 0 Å². The molecule has 1 saturated heterocycles. The van der Waals surface area contributed by atoms with Crippen LogP contribution in [-0.2, 0) is 0 Å². The quantitative estimate of drug-likeness (QED) is 0.723. The predicted octanol–water partition coefficient (Wildman–Crippen LogP) is 3.61. The van der Waals surface area contributed by atoms with Crippen molar-refractivity contribution >= 4 is 28.5 Å². The first-order valence-corrected chi connectivity index (χ1v) is 7.28. The summed E-state index contributed by atoms with van der Waals surface area (Å²) in [6, 6.07) is 7.68. The molecule has 4 rings (SSSR count). The van der Waals surface area contributed by atoms with Crippen LogP contribution in [0.3, 0.4) is 0 Å². The van der Waals surface area contributed by atoms with Gasteiger partial charge in [0.05, 0.1) is 23.3 Å². The van der Waals surface area contributed by atoms with Crippen LogP contribution in [0.5, 0.6) is 0 Å². The number of hydrogen-bond donors (Lipinski definition) is 0. The number of rotatable bonds is 2. The summed E-state index contributed by atoms with van der Waals surface area (Å²) in [5, 5.41) is 4.74. The molecule has 0 aliphatic carbocycles. The monoisotopic (exact) mass is 300 g/mol. The van der Waals surface area contributed by atoms with Gasteiger partial charge in [-0.15, -0.1) is 0 Å². The van der Waals surface area contributed by atoms with Crippen molar-refractivity contribution in [2.24, 2.45) is 0 Å². The van der Waals surface area contributed by atoms with Gasteiger partial charge in [-0.1, -0.05) is 16.8 Å². The van der Waals surface area contributed by atoms with Crippen molar-refractivity contribution < 1.29 is 4.52 Å².